The molecule has 6 rings (SSSR count). The van der Waals surface area contributed by atoms with Crippen molar-refractivity contribution in [1.29, 1.82) is 0 Å². The molecule has 1 aliphatic heterocycles. The van der Waals surface area contributed by atoms with Crippen LogP contribution in [0.15, 0.2) is 48.7 Å². The first-order chi connectivity index (χ1) is 18.7. The van der Waals surface area contributed by atoms with Crippen molar-refractivity contribution in [2.24, 2.45) is 11.3 Å². The molecule has 6 heteroatoms. The van der Waals surface area contributed by atoms with E-state index in [-0.39, 0.29) is 23.3 Å². The summed E-state index contributed by atoms with van der Waals surface area (Å²) in [7, 11) is 0. The predicted octanol–water partition coefficient (Wildman–Crippen LogP) is 6.22. The van der Waals surface area contributed by atoms with E-state index in [4.69, 9.17) is 4.74 Å². The molecule has 0 bridgehead atoms. The molecular formula is C33H42N4O2. The summed E-state index contributed by atoms with van der Waals surface area (Å²) in [6, 6.07) is 15.7. The van der Waals surface area contributed by atoms with E-state index in [2.05, 4.69) is 85.4 Å². The monoisotopic (exact) mass is 526 g/mol. The number of aryl methyl sites for hydroxylation is 1. The van der Waals surface area contributed by atoms with Crippen molar-refractivity contribution in [1.82, 2.24) is 15.0 Å². The summed E-state index contributed by atoms with van der Waals surface area (Å²) in [5.41, 5.74) is 8.12. The Kier molecular flexibility index (Phi) is 6.76. The van der Waals surface area contributed by atoms with E-state index >= 15 is 0 Å². The van der Waals surface area contributed by atoms with Crippen molar-refractivity contribution < 1.29 is 9.53 Å². The maximum atomic E-state index is 12.9. The van der Waals surface area contributed by atoms with Gasteiger partial charge in [-0.15, -0.1) is 5.10 Å². The first-order valence-electron chi connectivity index (χ1n) is 14.8. The smallest absolute Gasteiger partial charge is 0.327 e. The SMILES string of the molecule is CC(C)c1ccc2c(c1)CC[C@H]1[C@](C)(COC(=O)Cn3cc(CN4CCc5ccccc54)nn3)CCC[C@]21C. The van der Waals surface area contributed by atoms with Crippen molar-refractivity contribution in [3.63, 3.8) is 0 Å². The Morgan fingerprint density at radius 1 is 1.10 bits per heavy atom. The molecule has 3 aromatic rings. The standard InChI is InChI=1S/C33H42N4O2/c1-23(2)25-10-12-28-26(18-25)11-13-30-32(3,15-7-16-33(28,30)4)22-39-31(38)21-37-20-27(34-35-37)19-36-17-14-24-8-5-6-9-29(24)36/h5-6,8-10,12,18,20,23,30H,7,11,13-17,19,21-22H2,1-4H3/t30-,32-,33+/m0/s1. The first kappa shape index (κ1) is 26.1. The normalized spacial score (nSPS) is 25.8. The molecule has 206 valence electrons. The number of rotatable bonds is 7. The van der Waals surface area contributed by atoms with E-state index in [1.165, 1.54) is 40.8 Å². The molecule has 39 heavy (non-hydrogen) atoms. The summed E-state index contributed by atoms with van der Waals surface area (Å²) in [5.74, 6) is 0.824. The molecule has 3 atom stereocenters. The number of carbonyl (C=O) groups excluding carboxylic acids is 1. The molecule has 1 aromatic heterocycles. The highest BCUT2D eigenvalue weighted by Gasteiger charge is 2.52. The van der Waals surface area contributed by atoms with Crippen molar-refractivity contribution in [3.05, 3.63) is 76.6 Å². The number of carbonyl (C=O) groups is 1. The highest BCUT2D eigenvalue weighted by molar-refractivity contribution is 5.69. The van der Waals surface area contributed by atoms with Crippen LogP contribution in [0.25, 0.3) is 0 Å². The van der Waals surface area contributed by atoms with Gasteiger partial charge in [-0.05, 0) is 77.7 Å². The third-order valence-electron chi connectivity index (χ3n) is 9.94. The van der Waals surface area contributed by atoms with E-state index in [0.29, 0.717) is 25.0 Å². The van der Waals surface area contributed by atoms with Gasteiger partial charge in [-0.1, -0.05) is 75.7 Å². The summed E-state index contributed by atoms with van der Waals surface area (Å²) in [6.45, 7) is 11.6. The number of benzene rings is 2. The van der Waals surface area contributed by atoms with Crippen molar-refractivity contribution in [2.45, 2.75) is 90.6 Å². The van der Waals surface area contributed by atoms with Gasteiger partial charge < -0.3 is 9.64 Å². The summed E-state index contributed by atoms with van der Waals surface area (Å²) < 4.78 is 7.59. The van der Waals surface area contributed by atoms with Crippen LogP contribution in [0.4, 0.5) is 5.69 Å². The van der Waals surface area contributed by atoms with Crippen LogP contribution in [0.2, 0.25) is 0 Å². The molecule has 2 aliphatic carbocycles. The Morgan fingerprint density at radius 2 is 1.95 bits per heavy atom. The van der Waals surface area contributed by atoms with E-state index in [0.717, 1.165) is 37.9 Å². The lowest BCUT2D eigenvalue weighted by atomic mass is 9.50. The topological polar surface area (TPSA) is 60.2 Å². The lowest BCUT2D eigenvalue weighted by Crippen LogP contribution is -2.51. The number of hydrogen-bond acceptors (Lipinski definition) is 5. The maximum absolute atomic E-state index is 12.9. The fourth-order valence-corrected chi connectivity index (χ4v) is 7.85. The minimum absolute atomic E-state index is 0.0201. The fourth-order valence-electron chi connectivity index (χ4n) is 7.85. The van der Waals surface area contributed by atoms with Gasteiger partial charge in [0, 0.05) is 17.6 Å². The largest absolute Gasteiger partial charge is 0.464 e. The fraction of sp³-hybridized carbons (Fsp3) is 0.545. The Balaban J connectivity index is 1.08. The molecule has 3 aliphatic rings. The van der Waals surface area contributed by atoms with E-state index in [9.17, 15) is 4.79 Å². The van der Waals surface area contributed by atoms with Gasteiger partial charge in [0.15, 0.2) is 0 Å². The minimum Gasteiger partial charge on any atom is -0.464 e. The van der Waals surface area contributed by atoms with Crippen LogP contribution in [-0.4, -0.2) is 34.1 Å². The number of esters is 1. The zero-order valence-corrected chi connectivity index (χ0v) is 23.9. The second-order valence-corrected chi connectivity index (χ2v) is 13.0. The maximum Gasteiger partial charge on any atom is 0.327 e. The van der Waals surface area contributed by atoms with Gasteiger partial charge in [-0.25, -0.2) is 4.68 Å². The van der Waals surface area contributed by atoms with Crippen LogP contribution >= 0.6 is 0 Å². The molecule has 2 aromatic carbocycles. The highest BCUT2D eigenvalue weighted by Crippen LogP contribution is 2.57. The number of aromatic nitrogens is 3. The summed E-state index contributed by atoms with van der Waals surface area (Å²) >= 11 is 0. The number of para-hydroxylation sites is 1. The molecule has 0 saturated heterocycles. The lowest BCUT2D eigenvalue weighted by molar-refractivity contribution is -0.152. The summed E-state index contributed by atoms with van der Waals surface area (Å²) in [4.78, 5) is 15.3. The molecule has 0 radical (unpaired) electrons. The third kappa shape index (κ3) is 4.87. The Labute approximate surface area is 232 Å². The number of nitrogens with zero attached hydrogens (tertiary/aromatic N) is 4. The second-order valence-electron chi connectivity index (χ2n) is 13.0. The van der Waals surface area contributed by atoms with Gasteiger partial charge in [0.2, 0.25) is 0 Å². The van der Waals surface area contributed by atoms with Crippen molar-refractivity contribution in [3.8, 4) is 0 Å². The Morgan fingerprint density at radius 3 is 2.79 bits per heavy atom. The number of fused-ring (bicyclic) bond motifs is 4. The number of ether oxygens (including phenoxy) is 1. The Bertz CT molecular complexity index is 1360. The number of anilines is 1. The molecule has 0 N–H and O–H groups in total. The molecule has 1 fully saturated rings. The quantitative estimate of drug-likeness (QED) is 0.342. The van der Waals surface area contributed by atoms with Crippen LogP contribution in [0.5, 0.6) is 0 Å². The van der Waals surface area contributed by atoms with Gasteiger partial charge in [0.05, 0.1) is 19.3 Å². The second kappa shape index (κ2) is 10.1. The molecule has 2 heterocycles. The Hall–Kier alpha value is -3.15. The van der Waals surface area contributed by atoms with Crippen LogP contribution in [0.3, 0.4) is 0 Å². The summed E-state index contributed by atoms with van der Waals surface area (Å²) in [6.07, 6.45) is 8.68. The van der Waals surface area contributed by atoms with Gasteiger partial charge in [-0.3, -0.25) is 4.79 Å². The van der Waals surface area contributed by atoms with Gasteiger partial charge >= 0.3 is 5.97 Å². The van der Waals surface area contributed by atoms with Crippen LogP contribution in [0, 0.1) is 11.3 Å². The highest BCUT2D eigenvalue weighted by atomic mass is 16.5. The predicted molar refractivity (Wildman–Crippen MR) is 154 cm³/mol. The lowest BCUT2D eigenvalue weighted by Gasteiger charge is -2.55. The van der Waals surface area contributed by atoms with E-state index in [1.807, 2.05) is 6.20 Å². The first-order valence-corrected chi connectivity index (χ1v) is 14.8. The molecule has 0 amide bonds. The molecular weight excluding hydrogens is 484 g/mol. The van der Waals surface area contributed by atoms with Gasteiger partial charge in [0.25, 0.3) is 0 Å². The summed E-state index contributed by atoms with van der Waals surface area (Å²) in [5, 5.41) is 8.56. The van der Waals surface area contributed by atoms with Crippen LogP contribution in [-0.2, 0) is 40.9 Å². The number of hydrogen-bond donors (Lipinski definition) is 0. The average molecular weight is 527 g/mol. The van der Waals surface area contributed by atoms with Gasteiger partial charge in [-0.2, -0.15) is 0 Å². The minimum atomic E-state index is -0.232. The molecule has 1 saturated carbocycles. The van der Waals surface area contributed by atoms with E-state index in [1.54, 1.807) is 4.68 Å². The van der Waals surface area contributed by atoms with Crippen LogP contribution in [0.1, 0.15) is 87.2 Å². The zero-order valence-electron chi connectivity index (χ0n) is 23.9. The zero-order chi connectivity index (χ0) is 27.2. The van der Waals surface area contributed by atoms with Crippen molar-refractivity contribution in [2.75, 3.05) is 18.1 Å². The van der Waals surface area contributed by atoms with Gasteiger partial charge in [0.1, 0.15) is 12.2 Å². The third-order valence-corrected chi connectivity index (χ3v) is 9.94. The van der Waals surface area contributed by atoms with Crippen molar-refractivity contribution >= 4 is 11.7 Å². The molecule has 6 nitrogen and oxygen atoms in total. The molecule has 0 unspecified atom stereocenters. The van der Waals surface area contributed by atoms with Crippen LogP contribution < -0.4 is 4.90 Å². The van der Waals surface area contributed by atoms with E-state index < -0.39 is 0 Å². The molecule has 0 spiro atoms. The average Bonchev–Trinajstić information content (AvgIpc) is 3.54.